The number of Topliss-reactive ketones (excluding diaryl/α,β-unsaturated/α-hetero) is 1. The summed E-state index contributed by atoms with van der Waals surface area (Å²) < 4.78 is 0. The van der Waals surface area contributed by atoms with Crippen molar-refractivity contribution in [1.29, 1.82) is 0 Å². The van der Waals surface area contributed by atoms with Crippen molar-refractivity contribution < 1.29 is 24.1 Å². The molecule has 0 N–H and O–H groups in total. The number of imide groups is 1. The molecule has 9 heteroatoms. The number of nitrogens with zero attached hydrogens (tertiary/aromatic N) is 3. The van der Waals surface area contributed by atoms with Crippen LogP contribution in [0.2, 0.25) is 0 Å². The lowest BCUT2D eigenvalue weighted by Crippen LogP contribution is -2.56. The smallest absolute Gasteiger partial charge is 0.273 e. The second-order valence-corrected chi connectivity index (χ2v) is 9.35. The number of fused-ring (bicyclic) bond motifs is 5. The fraction of sp³-hybridized carbons (Fsp3) is 0.308. The molecule has 3 amide bonds. The molecule has 2 bridgehead atoms. The Bertz CT molecular complexity index is 1250. The Hall–Kier alpha value is -4.14. The number of amides is 3. The molecule has 0 spiro atoms. The highest BCUT2D eigenvalue weighted by Gasteiger charge is 2.61. The number of allylic oxidation sites excluding steroid dienone is 2. The molecular weight excluding hydrogens is 450 g/mol. The third-order valence-corrected chi connectivity index (χ3v) is 7.28. The van der Waals surface area contributed by atoms with Crippen molar-refractivity contribution in [3.63, 3.8) is 0 Å². The number of rotatable bonds is 6. The lowest BCUT2D eigenvalue weighted by molar-refractivity contribution is -0.384. The largest absolute Gasteiger partial charge is 0.292 e. The van der Waals surface area contributed by atoms with Gasteiger partial charge in [0.05, 0.1) is 16.8 Å². The van der Waals surface area contributed by atoms with Crippen molar-refractivity contribution >= 4 is 29.2 Å². The Morgan fingerprint density at radius 1 is 0.943 bits per heavy atom. The molecule has 9 nitrogen and oxygen atoms in total. The van der Waals surface area contributed by atoms with Gasteiger partial charge in [-0.2, -0.15) is 5.01 Å². The minimum absolute atomic E-state index is 0.0258. The summed E-state index contributed by atoms with van der Waals surface area (Å²) in [6.07, 6.45) is 4.63. The standard InChI is InChI=1S/C26H23N3O6/c1-14-3-5-16(6-4-14)23(30)15(2)27(24(31)17-9-11-20(12-10-17)29(34)35)28-25(32)21-18-7-8-19(13-18)22(21)26(28)33/h3-12,15,18-19,21-22H,13H2,1-2H3/t15-,18-,19-,21-,22-/m0/s1. The van der Waals surface area contributed by atoms with Crippen molar-refractivity contribution in [2.24, 2.45) is 23.7 Å². The summed E-state index contributed by atoms with van der Waals surface area (Å²) >= 11 is 0. The molecule has 0 radical (unpaired) electrons. The third-order valence-electron chi connectivity index (χ3n) is 7.28. The van der Waals surface area contributed by atoms with Crippen molar-refractivity contribution in [3.05, 3.63) is 87.5 Å². The van der Waals surface area contributed by atoms with Gasteiger partial charge in [0.15, 0.2) is 5.78 Å². The first-order valence-corrected chi connectivity index (χ1v) is 11.4. The van der Waals surface area contributed by atoms with E-state index in [1.165, 1.54) is 31.2 Å². The van der Waals surface area contributed by atoms with Crippen LogP contribution in [-0.4, -0.2) is 44.5 Å². The zero-order chi connectivity index (χ0) is 25.0. The summed E-state index contributed by atoms with van der Waals surface area (Å²) in [5.74, 6) is -3.39. The average Bonchev–Trinajstić information content (AvgIpc) is 3.54. The predicted molar refractivity (Wildman–Crippen MR) is 124 cm³/mol. The maximum Gasteiger partial charge on any atom is 0.273 e. The van der Waals surface area contributed by atoms with E-state index in [1.807, 2.05) is 19.1 Å². The number of hydrogen-bond donors (Lipinski definition) is 0. The Morgan fingerprint density at radius 3 is 1.97 bits per heavy atom. The molecule has 1 aliphatic heterocycles. The first-order chi connectivity index (χ1) is 16.7. The fourth-order valence-electron chi connectivity index (χ4n) is 5.47. The first-order valence-electron chi connectivity index (χ1n) is 11.4. The van der Waals surface area contributed by atoms with Crippen LogP contribution in [0.4, 0.5) is 5.69 Å². The van der Waals surface area contributed by atoms with Crippen molar-refractivity contribution in [2.75, 3.05) is 0 Å². The molecular formula is C26H23N3O6. The van der Waals surface area contributed by atoms with E-state index in [1.54, 1.807) is 24.3 Å². The van der Waals surface area contributed by atoms with E-state index in [-0.39, 0.29) is 23.1 Å². The molecule has 5 rings (SSSR count). The van der Waals surface area contributed by atoms with Gasteiger partial charge in [-0.15, -0.1) is 0 Å². The summed E-state index contributed by atoms with van der Waals surface area (Å²) in [5.41, 5.74) is 1.11. The van der Waals surface area contributed by atoms with E-state index in [9.17, 15) is 29.3 Å². The van der Waals surface area contributed by atoms with Crippen LogP contribution in [0.15, 0.2) is 60.7 Å². The number of nitro benzene ring substituents is 1. The van der Waals surface area contributed by atoms with Gasteiger partial charge in [0, 0.05) is 23.3 Å². The SMILES string of the molecule is Cc1ccc(C(=O)[C@H](C)N(C(=O)c2ccc([N+](=O)[O-])cc2)N2C(=O)[C@@H]3[C@@H](C2=O)[C@H]2C=C[C@H]3C2)cc1. The second kappa shape index (κ2) is 8.26. The zero-order valence-corrected chi connectivity index (χ0v) is 19.2. The second-order valence-electron chi connectivity index (χ2n) is 9.35. The van der Waals surface area contributed by atoms with E-state index in [2.05, 4.69) is 0 Å². The van der Waals surface area contributed by atoms with Gasteiger partial charge in [-0.25, -0.2) is 5.01 Å². The van der Waals surface area contributed by atoms with E-state index in [0.717, 1.165) is 22.0 Å². The van der Waals surface area contributed by atoms with Crippen LogP contribution in [0.3, 0.4) is 0 Å². The number of nitro groups is 1. The number of benzene rings is 2. The van der Waals surface area contributed by atoms with Crippen LogP contribution in [0.5, 0.6) is 0 Å². The summed E-state index contributed by atoms with van der Waals surface area (Å²) in [5, 5.41) is 12.8. The zero-order valence-electron chi connectivity index (χ0n) is 19.2. The third kappa shape index (κ3) is 3.54. The molecule has 1 saturated heterocycles. The molecule has 2 aromatic carbocycles. The van der Waals surface area contributed by atoms with Crippen molar-refractivity contribution in [3.8, 4) is 0 Å². The van der Waals surface area contributed by atoms with Gasteiger partial charge in [-0.05, 0) is 44.2 Å². The number of ketones is 1. The van der Waals surface area contributed by atoms with E-state index < -0.39 is 46.3 Å². The van der Waals surface area contributed by atoms with Gasteiger partial charge >= 0.3 is 0 Å². The lowest BCUT2D eigenvalue weighted by atomic mass is 9.85. The Kier molecular flexibility index (Phi) is 5.35. The quantitative estimate of drug-likeness (QED) is 0.209. The van der Waals surface area contributed by atoms with E-state index >= 15 is 0 Å². The van der Waals surface area contributed by atoms with Gasteiger partial charge in [0.1, 0.15) is 6.04 Å². The summed E-state index contributed by atoms with van der Waals surface area (Å²) in [4.78, 5) is 64.5. The van der Waals surface area contributed by atoms with Crippen LogP contribution in [0.1, 0.15) is 39.6 Å². The number of non-ortho nitro benzene ring substituents is 1. The van der Waals surface area contributed by atoms with Gasteiger partial charge < -0.3 is 0 Å². The van der Waals surface area contributed by atoms with Crippen molar-refractivity contribution in [2.45, 2.75) is 26.3 Å². The van der Waals surface area contributed by atoms with Crippen molar-refractivity contribution in [1.82, 2.24) is 10.0 Å². The fourth-order valence-corrected chi connectivity index (χ4v) is 5.47. The monoisotopic (exact) mass is 473 g/mol. The summed E-state index contributed by atoms with van der Waals surface area (Å²) in [6, 6.07) is 10.5. The number of hydrazine groups is 1. The van der Waals surface area contributed by atoms with Crippen LogP contribution < -0.4 is 0 Å². The Morgan fingerprint density at radius 2 is 1.46 bits per heavy atom. The minimum atomic E-state index is -1.17. The summed E-state index contributed by atoms with van der Waals surface area (Å²) in [6.45, 7) is 3.36. The van der Waals surface area contributed by atoms with Gasteiger partial charge in [-0.3, -0.25) is 29.3 Å². The average molecular weight is 473 g/mol. The predicted octanol–water partition coefficient (Wildman–Crippen LogP) is 3.34. The molecule has 2 aromatic rings. The van der Waals surface area contributed by atoms with E-state index in [4.69, 9.17) is 0 Å². The Labute approximate surface area is 201 Å². The molecule has 5 atom stereocenters. The molecule has 1 heterocycles. The maximum absolute atomic E-state index is 13.7. The highest BCUT2D eigenvalue weighted by molar-refractivity contribution is 6.11. The topological polar surface area (TPSA) is 118 Å². The number of hydrogen-bond acceptors (Lipinski definition) is 6. The molecule has 3 aliphatic rings. The normalized spacial score (nSPS) is 25.0. The lowest BCUT2D eigenvalue weighted by Gasteiger charge is -2.35. The van der Waals surface area contributed by atoms with Gasteiger partial charge in [0.2, 0.25) is 0 Å². The first kappa shape index (κ1) is 22.6. The minimum Gasteiger partial charge on any atom is -0.292 e. The van der Waals surface area contributed by atoms with Crippen LogP contribution in [-0.2, 0) is 9.59 Å². The number of carbonyl (C=O) groups excluding carboxylic acids is 4. The Balaban J connectivity index is 1.54. The highest BCUT2D eigenvalue weighted by Crippen LogP contribution is 2.53. The van der Waals surface area contributed by atoms with E-state index in [0.29, 0.717) is 5.56 Å². The molecule has 1 saturated carbocycles. The maximum atomic E-state index is 13.7. The number of carbonyl (C=O) groups is 4. The molecule has 178 valence electrons. The van der Waals surface area contributed by atoms with Crippen LogP contribution >= 0.6 is 0 Å². The molecule has 0 unspecified atom stereocenters. The van der Waals surface area contributed by atoms with Crippen LogP contribution in [0, 0.1) is 40.7 Å². The summed E-state index contributed by atoms with van der Waals surface area (Å²) in [7, 11) is 0. The molecule has 0 aromatic heterocycles. The molecule has 2 fully saturated rings. The molecule has 2 aliphatic carbocycles. The van der Waals surface area contributed by atoms with Crippen LogP contribution in [0.25, 0.3) is 0 Å². The highest BCUT2D eigenvalue weighted by atomic mass is 16.6. The van der Waals surface area contributed by atoms with Gasteiger partial charge in [-0.1, -0.05) is 42.0 Å². The number of aryl methyl sites for hydroxylation is 1. The van der Waals surface area contributed by atoms with Gasteiger partial charge in [0.25, 0.3) is 23.4 Å². The molecule has 35 heavy (non-hydrogen) atoms.